The summed E-state index contributed by atoms with van der Waals surface area (Å²) in [6, 6.07) is 8.11. The van der Waals surface area contributed by atoms with Crippen LogP contribution in [0.5, 0.6) is 0 Å². The molecule has 0 saturated heterocycles. The van der Waals surface area contributed by atoms with Gasteiger partial charge < -0.3 is 9.63 Å². The molecule has 1 aromatic carbocycles. The van der Waals surface area contributed by atoms with E-state index in [1.54, 1.807) is 0 Å². The van der Waals surface area contributed by atoms with Crippen LogP contribution in [-0.4, -0.2) is 15.2 Å². The fourth-order valence-electron chi connectivity index (χ4n) is 1.21. The molecule has 0 unspecified atom stereocenters. The maximum Gasteiger partial charge on any atom is 0.252 e. The molecule has 0 aliphatic heterocycles. The smallest absolute Gasteiger partial charge is 0.252 e. The van der Waals surface area contributed by atoms with Crippen LogP contribution in [0, 0.1) is 3.57 Å². The van der Waals surface area contributed by atoms with E-state index in [2.05, 4.69) is 32.7 Å². The minimum absolute atomic E-state index is 0.209. The Labute approximate surface area is 100 Å². The van der Waals surface area contributed by atoms with Crippen LogP contribution in [0.25, 0.3) is 0 Å². The van der Waals surface area contributed by atoms with Gasteiger partial charge in [-0.05, 0) is 40.3 Å². The van der Waals surface area contributed by atoms with E-state index in [9.17, 15) is 0 Å². The first-order valence-electron chi connectivity index (χ1n) is 4.44. The second kappa shape index (κ2) is 4.71. The second-order valence-electron chi connectivity index (χ2n) is 3.07. The van der Waals surface area contributed by atoms with Crippen molar-refractivity contribution in [2.75, 3.05) is 0 Å². The van der Waals surface area contributed by atoms with Crippen molar-refractivity contribution in [3.05, 3.63) is 45.1 Å². The minimum atomic E-state index is -0.209. The van der Waals surface area contributed by atoms with Crippen molar-refractivity contribution in [1.29, 1.82) is 0 Å². The molecule has 15 heavy (non-hydrogen) atoms. The number of halogens is 1. The number of hydrogen-bond acceptors (Lipinski definition) is 4. The summed E-state index contributed by atoms with van der Waals surface area (Å²) < 4.78 is 5.99. The molecule has 0 aliphatic rings. The van der Waals surface area contributed by atoms with Crippen molar-refractivity contribution in [3.8, 4) is 0 Å². The highest BCUT2D eigenvalue weighted by Crippen LogP contribution is 2.10. The zero-order valence-electron chi connectivity index (χ0n) is 7.85. The van der Waals surface area contributed by atoms with E-state index in [0.717, 1.165) is 5.56 Å². The van der Waals surface area contributed by atoms with Gasteiger partial charge in [0.05, 0.1) is 0 Å². The van der Waals surface area contributed by atoms with Gasteiger partial charge in [-0.2, -0.15) is 4.98 Å². The Morgan fingerprint density at radius 2 is 2.00 bits per heavy atom. The van der Waals surface area contributed by atoms with Gasteiger partial charge >= 0.3 is 0 Å². The van der Waals surface area contributed by atoms with E-state index in [1.807, 2.05) is 24.3 Å². The summed E-state index contributed by atoms with van der Waals surface area (Å²) in [5.74, 6) is 0.857. The molecular weight excluding hydrogens is 307 g/mol. The van der Waals surface area contributed by atoms with Crippen LogP contribution in [0.15, 0.2) is 28.8 Å². The maximum atomic E-state index is 8.76. The SMILES string of the molecule is OCc1nc(Cc2ccc(I)cc2)no1. The van der Waals surface area contributed by atoms with Gasteiger partial charge in [-0.1, -0.05) is 17.3 Å². The van der Waals surface area contributed by atoms with Gasteiger partial charge in [0.1, 0.15) is 6.61 Å². The summed E-state index contributed by atoms with van der Waals surface area (Å²) in [5.41, 5.74) is 1.13. The van der Waals surface area contributed by atoms with E-state index in [4.69, 9.17) is 9.63 Å². The topological polar surface area (TPSA) is 59.2 Å². The highest BCUT2D eigenvalue weighted by molar-refractivity contribution is 14.1. The van der Waals surface area contributed by atoms with Gasteiger partial charge in [-0.3, -0.25) is 0 Å². The first kappa shape index (κ1) is 10.6. The molecule has 78 valence electrons. The number of rotatable bonds is 3. The van der Waals surface area contributed by atoms with Gasteiger partial charge in [0, 0.05) is 9.99 Å². The molecule has 5 heteroatoms. The minimum Gasteiger partial charge on any atom is -0.387 e. The predicted molar refractivity (Wildman–Crippen MR) is 62.2 cm³/mol. The second-order valence-corrected chi connectivity index (χ2v) is 4.31. The van der Waals surface area contributed by atoms with Crippen molar-refractivity contribution >= 4 is 22.6 Å². The predicted octanol–water partition coefficient (Wildman–Crippen LogP) is 1.76. The van der Waals surface area contributed by atoms with E-state index in [0.29, 0.717) is 12.2 Å². The largest absolute Gasteiger partial charge is 0.387 e. The number of aliphatic hydroxyl groups excluding tert-OH is 1. The molecule has 0 radical (unpaired) electrons. The van der Waals surface area contributed by atoms with E-state index >= 15 is 0 Å². The van der Waals surface area contributed by atoms with Crippen LogP contribution < -0.4 is 0 Å². The van der Waals surface area contributed by atoms with Crippen molar-refractivity contribution < 1.29 is 9.63 Å². The standard InChI is InChI=1S/C10H9IN2O2/c11-8-3-1-7(2-4-8)5-9-12-10(6-14)15-13-9/h1-4,14H,5-6H2. The van der Waals surface area contributed by atoms with Crippen molar-refractivity contribution in [1.82, 2.24) is 10.1 Å². The third-order valence-corrected chi connectivity index (χ3v) is 2.64. The van der Waals surface area contributed by atoms with Gasteiger partial charge in [0.15, 0.2) is 5.82 Å². The number of nitrogens with zero attached hydrogens (tertiary/aromatic N) is 2. The van der Waals surface area contributed by atoms with Crippen LogP contribution >= 0.6 is 22.6 Å². The van der Waals surface area contributed by atoms with Gasteiger partial charge in [-0.15, -0.1) is 0 Å². The quantitative estimate of drug-likeness (QED) is 0.877. The Kier molecular flexibility index (Phi) is 3.32. The molecule has 0 fully saturated rings. The van der Waals surface area contributed by atoms with E-state index < -0.39 is 0 Å². The number of hydrogen-bond donors (Lipinski definition) is 1. The lowest BCUT2D eigenvalue weighted by atomic mass is 10.1. The van der Waals surface area contributed by atoms with Crippen LogP contribution in [0.4, 0.5) is 0 Å². The Bertz CT molecular complexity index is 439. The first-order chi connectivity index (χ1) is 7.28. The summed E-state index contributed by atoms with van der Waals surface area (Å²) in [6.07, 6.45) is 0.625. The zero-order chi connectivity index (χ0) is 10.7. The molecule has 0 bridgehead atoms. The molecule has 2 rings (SSSR count). The molecule has 0 aliphatic carbocycles. The summed E-state index contributed by atoms with van der Waals surface area (Å²) in [7, 11) is 0. The number of benzene rings is 1. The van der Waals surface area contributed by atoms with Gasteiger partial charge in [0.2, 0.25) is 0 Å². The average Bonchev–Trinajstić information content (AvgIpc) is 2.69. The Morgan fingerprint density at radius 3 is 2.60 bits per heavy atom. The fraction of sp³-hybridized carbons (Fsp3) is 0.200. The normalized spacial score (nSPS) is 10.5. The van der Waals surface area contributed by atoms with Crippen molar-refractivity contribution in [3.63, 3.8) is 0 Å². The average molecular weight is 316 g/mol. The Morgan fingerprint density at radius 1 is 1.27 bits per heavy atom. The monoisotopic (exact) mass is 316 g/mol. The molecule has 0 spiro atoms. The third-order valence-electron chi connectivity index (χ3n) is 1.92. The Hall–Kier alpha value is -0.950. The van der Waals surface area contributed by atoms with E-state index in [-0.39, 0.29) is 12.5 Å². The fourth-order valence-corrected chi connectivity index (χ4v) is 1.57. The molecule has 1 heterocycles. The molecule has 1 N–H and O–H groups in total. The highest BCUT2D eigenvalue weighted by atomic mass is 127. The highest BCUT2D eigenvalue weighted by Gasteiger charge is 2.05. The summed E-state index contributed by atoms with van der Waals surface area (Å²) in [5, 5.41) is 12.5. The lowest BCUT2D eigenvalue weighted by Gasteiger charge is -1.96. The molecule has 2 aromatic rings. The summed E-state index contributed by atoms with van der Waals surface area (Å²) in [4.78, 5) is 4.02. The van der Waals surface area contributed by atoms with Gasteiger partial charge in [-0.25, -0.2) is 0 Å². The van der Waals surface area contributed by atoms with Crippen LogP contribution in [0.1, 0.15) is 17.3 Å². The molecule has 0 atom stereocenters. The molecule has 0 saturated carbocycles. The zero-order valence-corrected chi connectivity index (χ0v) is 10.0. The van der Waals surface area contributed by atoms with Crippen LogP contribution in [0.2, 0.25) is 0 Å². The maximum absolute atomic E-state index is 8.76. The molecular formula is C10H9IN2O2. The number of aliphatic hydroxyl groups is 1. The van der Waals surface area contributed by atoms with Gasteiger partial charge in [0.25, 0.3) is 5.89 Å². The summed E-state index contributed by atoms with van der Waals surface area (Å²) >= 11 is 2.25. The molecule has 4 nitrogen and oxygen atoms in total. The van der Waals surface area contributed by atoms with Crippen LogP contribution in [0.3, 0.4) is 0 Å². The van der Waals surface area contributed by atoms with Crippen molar-refractivity contribution in [2.24, 2.45) is 0 Å². The molecule has 0 amide bonds. The summed E-state index contributed by atoms with van der Waals surface area (Å²) in [6.45, 7) is -0.209. The lowest BCUT2D eigenvalue weighted by molar-refractivity contribution is 0.222. The lowest BCUT2D eigenvalue weighted by Crippen LogP contribution is -1.91. The van der Waals surface area contributed by atoms with E-state index in [1.165, 1.54) is 3.57 Å². The molecule has 1 aromatic heterocycles. The van der Waals surface area contributed by atoms with Crippen molar-refractivity contribution in [2.45, 2.75) is 13.0 Å². The number of aromatic nitrogens is 2. The first-order valence-corrected chi connectivity index (χ1v) is 5.52. The Balaban J connectivity index is 2.11. The third kappa shape index (κ3) is 2.75. The van der Waals surface area contributed by atoms with Crippen LogP contribution in [-0.2, 0) is 13.0 Å².